The monoisotopic (exact) mass is 528 g/mol. The first-order valence-electron chi connectivity index (χ1n) is 12.8. The highest BCUT2D eigenvalue weighted by Crippen LogP contribution is 2.24. The van der Waals surface area contributed by atoms with Crippen LogP contribution in [0.4, 0.5) is 10.2 Å². The number of nitrogens with one attached hydrogen (secondary N) is 1. The third-order valence-corrected chi connectivity index (χ3v) is 6.78. The summed E-state index contributed by atoms with van der Waals surface area (Å²) in [4.78, 5) is 27.3. The van der Waals surface area contributed by atoms with Crippen molar-refractivity contribution in [2.75, 3.05) is 31.6 Å². The molecule has 1 aliphatic rings. The van der Waals surface area contributed by atoms with E-state index in [1.54, 1.807) is 25.3 Å². The van der Waals surface area contributed by atoms with E-state index in [2.05, 4.69) is 25.5 Å². The summed E-state index contributed by atoms with van der Waals surface area (Å²) in [6.07, 6.45) is 1.64. The lowest BCUT2D eigenvalue weighted by Gasteiger charge is -2.32. The lowest BCUT2D eigenvalue weighted by atomic mass is 9.97. The average Bonchev–Trinajstić information content (AvgIpc) is 2.99. The number of benzene rings is 2. The first-order chi connectivity index (χ1) is 19.0. The van der Waals surface area contributed by atoms with E-state index in [9.17, 15) is 14.0 Å². The molecule has 2 aromatic carbocycles. The molecular formula is C29H29FN6O3. The van der Waals surface area contributed by atoms with Gasteiger partial charge in [0.1, 0.15) is 11.6 Å². The molecule has 2 aromatic heterocycles. The van der Waals surface area contributed by atoms with E-state index in [1.165, 1.54) is 22.9 Å². The number of amides is 1. The van der Waals surface area contributed by atoms with Gasteiger partial charge in [-0.05, 0) is 79.6 Å². The van der Waals surface area contributed by atoms with Gasteiger partial charge in [-0.2, -0.15) is 5.10 Å². The maximum atomic E-state index is 13.2. The third-order valence-electron chi connectivity index (χ3n) is 6.78. The Labute approximate surface area is 225 Å². The number of nitrogens with zero attached hydrogens (tertiary/aromatic N) is 5. The molecule has 3 heterocycles. The van der Waals surface area contributed by atoms with Crippen LogP contribution in [0, 0.1) is 11.7 Å². The van der Waals surface area contributed by atoms with Crippen LogP contribution in [0.15, 0.2) is 77.6 Å². The summed E-state index contributed by atoms with van der Waals surface area (Å²) in [7, 11) is 1.63. The molecule has 0 bridgehead atoms. The second kappa shape index (κ2) is 11.8. The van der Waals surface area contributed by atoms with Gasteiger partial charge in [0.15, 0.2) is 5.82 Å². The zero-order chi connectivity index (χ0) is 27.2. The van der Waals surface area contributed by atoms with Crippen molar-refractivity contribution >= 4 is 11.7 Å². The number of piperidine rings is 1. The highest BCUT2D eigenvalue weighted by molar-refractivity contribution is 5.79. The Hall–Kier alpha value is -4.60. The Morgan fingerprint density at radius 2 is 1.69 bits per heavy atom. The van der Waals surface area contributed by atoms with Gasteiger partial charge in [-0.15, -0.1) is 10.2 Å². The van der Waals surface area contributed by atoms with Crippen LogP contribution in [0.1, 0.15) is 12.8 Å². The quantitative estimate of drug-likeness (QED) is 0.373. The molecule has 200 valence electrons. The molecule has 1 atom stereocenters. The van der Waals surface area contributed by atoms with Gasteiger partial charge < -0.3 is 15.0 Å². The fourth-order valence-electron chi connectivity index (χ4n) is 4.62. The van der Waals surface area contributed by atoms with Crippen LogP contribution < -0.4 is 20.5 Å². The number of hydrogen-bond donors (Lipinski definition) is 1. The molecule has 0 spiro atoms. The summed E-state index contributed by atoms with van der Waals surface area (Å²) >= 11 is 0. The molecule has 0 radical (unpaired) electrons. The fraction of sp³-hybridized carbons (Fsp3) is 0.276. The molecule has 1 amide bonds. The Bertz CT molecular complexity index is 1470. The maximum Gasteiger partial charge on any atom is 0.266 e. The topological polar surface area (TPSA) is 102 Å². The van der Waals surface area contributed by atoms with Crippen molar-refractivity contribution < 1.29 is 13.9 Å². The van der Waals surface area contributed by atoms with Crippen molar-refractivity contribution in [1.82, 2.24) is 25.3 Å². The van der Waals surface area contributed by atoms with E-state index in [0.29, 0.717) is 17.8 Å². The van der Waals surface area contributed by atoms with Gasteiger partial charge in [0.25, 0.3) is 5.56 Å². The molecule has 5 rings (SSSR count). The second-order valence-electron chi connectivity index (χ2n) is 9.37. The first-order valence-corrected chi connectivity index (χ1v) is 12.8. The van der Waals surface area contributed by atoms with Crippen LogP contribution in [-0.2, 0) is 11.3 Å². The number of anilines is 1. The molecule has 0 aliphatic carbocycles. The second-order valence-corrected chi connectivity index (χ2v) is 9.37. The lowest BCUT2D eigenvalue weighted by molar-refractivity contribution is -0.125. The smallest absolute Gasteiger partial charge is 0.266 e. The van der Waals surface area contributed by atoms with Crippen LogP contribution in [0.25, 0.3) is 22.5 Å². The van der Waals surface area contributed by atoms with Gasteiger partial charge in [0.2, 0.25) is 5.91 Å². The number of carbonyl (C=O) groups is 1. The summed E-state index contributed by atoms with van der Waals surface area (Å²) in [6, 6.07) is 20.4. The molecule has 1 N–H and O–H groups in total. The Kier molecular flexibility index (Phi) is 7.91. The van der Waals surface area contributed by atoms with Gasteiger partial charge in [0, 0.05) is 36.8 Å². The predicted octanol–water partition coefficient (Wildman–Crippen LogP) is 3.55. The minimum Gasteiger partial charge on any atom is -0.497 e. The number of ether oxygens (including phenoxy) is 1. The molecule has 1 saturated heterocycles. The summed E-state index contributed by atoms with van der Waals surface area (Å²) in [5.74, 6) is 0.914. The SMILES string of the molecule is COc1ccc(-c2ccc(N3CCCC(C(=O)NCCn4nc(-c5ccc(F)cc5)ccc4=O)C3)nn2)cc1. The Balaban J connectivity index is 1.16. The summed E-state index contributed by atoms with van der Waals surface area (Å²) in [6.45, 7) is 1.84. The third kappa shape index (κ3) is 6.28. The predicted molar refractivity (Wildman–Crippen MR) is 146 cm³/mol. The van der Waals surface area contributed by atoms with Crippen molar-refractivity contribution in [2.45, 2.75) is 19.4 Å². The van der Waals surface area contributed by atoms with Crippen LogP contribution in [0.2, 0.25) is 0 Å². The van der Waals surface area contributed by atoms with E-state index in [1.807, 2.05) is 36.4 Å². The lowest BCUT2D eigenvalue weighted by Crippen LogP contribution is -2.44. The van der Waals surface area contributed by atoms with Gasteiger partial charge in [-0.1, -0.05) is 0 Å². The van der Waals surface area contributed by atoms with E-state index >= 15 is 0 Å². The van der Waals surface area contributed by atoms with Gasteiger partial charge in [0.05, 0.1) is 31.0 Å². The van der Waals surface area contributed by atoms with E-state index in [4.69, 9.17) is 4.74 Å². The number of halogens is 1. The number of methoxy groups -OCH3 is 1. The molecule has 4 aromatic rings. The van der Waals surface area contributed by atoms with Gasteiger partial charge >= 0.3 is 0 Å². The Morgan fingerprint density at radius 3 is 2.41 bits per heavy atom. The van der Waals surface area contributed by atoms with E-state index < -0.39 is 0 Å². The minimum absolute atomic E-state index is 0.0646. The van der Waals surface area contributed by atoms with Crippen molar-refractivity contribution in [2.24, 2.45) is 5.92 Å². The molecule has 1 unspecified atom stereocenters. The molecule has 10 heteroatoms. The molecule has 9 nitrogen and oxygen atoms in total. The molecule has 1 aliphatic heterocycles. The standard InChI is InChI=1S/C29H29FN6O3/c1-39-24-10-6-20(7-11-24)25-12-14-27(33-32-25)35-17-2-3-22(19-35)29(38)31-16-18-36-28(37)15-13-26(34-36)21-4-8-23(30)9-5-21/h4-15,22H,2-3,16-19H2,1H3,(H,31,38). The zero-order valence-corrected chi connectivity index (χ0v) is 21.6. The van der Waals surface area contributed by atoms with Crippen LogP contribution in [0.5, 0.6) is 5.75 Å². The van der Waals surface area contributed by atoms with Crippen LogP contribution >= 0.6 is 0 Å². The highest BCUT2D eigenvalue weighted by Gasteiger charge is 2.26. The number of hydrogen-bond acceptors (Lipinski definition) is 7. The molecule has 1 fully saturated rings. The van der Waals surface area contributed by atoms with E-state index in [0.717, 1.165) is 42.2 Å². The maximum absolute atomic E-state index is 13.2. The minimum atomic E-state index is -0.339. The summed E-state index contributed by atoms with van der Waals surface area (Å²) in [5.41, 5.74) is 2.71. The summed E-state index contributed by atoms with van der Waals surface area (Å²) in [5, 5.41) is 16.1. The van der Waals surface area contributed by atoms with E-state index in [-0.39, 0.29) is 36.3 Å². The average molecular weight is 529 g/mol. The normalized spacial score (nSPS) is 15.1. The van der Waals surface area contributed by atoms with Gasteiger partial charge in [-0.3, -0.25) is 9.59 Å². The molecule has 0 saturated carbocycles. The number of rotatable bonds is 8. The fourth-order valence-corrected chi connectivity index (χ4v) is 4.62. The highest BCUT2D eigenvalue weighted by atomic mass is 19.1. The number of carbonyl (C=O) groups excluding carboxylic acids is 1. The Morgan fingerprint density at radius 1 is 0.974 bits per heavy atom. The zero-order valence-electron chi connectivity index (χ0n) is 21.6. The molecular weight excluding hydrogens is 499 g/mol. The molecule has 39 heavy (non-hydrogen) atoms. The van der Waals surface area contributed by atoms with Gasteiger partial charge in [-0.25, -0.2) is 9.07 Å². The van der Waals surface area contributed by atoms with Crippen LogP contribution in [-0.4, -0.2) is 52.6 Å². The first kappa shape index (κ1) is 26.0. The van der Waals surface area contributed by atoms with Crippen molar-refractivity contribution in [3.05, 3.63) is 89.0 Å². The number of aromatic nitrogens is 4. The van der Waals surface area contributed by atoms with Crippen LogP contribution in [0.3, 0.4) is 0 Å². The summed E-state index contributed by atoms with van der Waals surface area (Å²) < 4.78 is 19.8. The van der Waals surface area contributed by atoms with Crippen molar-refractivity contribution in [1.29, 1.82) is 0 Å². The van der Waals surface area contributed by atoms with Crippen molar-refractivity contribution in [3.8, 4) is 28.3 Å². The van der Waals surface area contributed by atoms with Crippen molar-refractivity contribution in [3.63, 3.8) is 0 Å². The largest absolute Gasteiger partial charge is 0.497 e.